The van der Waals surface area contributed by atoms with Gasteiger partial charge in [0.2, 0.25) is 5.91 Å². The topological polar surface area (TPSA) is 126 Å². The highest BCUT2D eigenvalue weighted by molar-refractivity contribution is 5.92. The van der Waals surface area contributed by atoms with Crippen molar-refractivity contribution in [2.75, 3.05) is 57.0 Å². The summed E-state index contributed by atoms with van der Waals surface area (Å²) in [4.78, 5) is 35.5. The lowest BCUT2D eigenvalue weighted by atomic mass is 9.95. The first kappa shape index (κ1) is 33.3. The molecule has 0 unspecified atom stereocenters. The fourth-order valence-corrected chi connectivity index (χ4v) is 7.61. The van der Waals surface area contributed by atoms with E-state index in [1.807, 2.05) is 6.08 Å². The number of hydrogen-bond acceptors (Lipinski definition) is 10. The van der Waals surface area contributed by atoms with E-state index in [1.54, 1.807) is 22.9 Å². The molecule has 4 fully saturated rings. The van der Waals surface area contributed by atoms with Gasteiger partial charge in [-0.3, -0.25) is 14.7 Å². The van der Waals surface area contributed by atoms with Gasteiger partial charge >= 0.3 is 12.2 Å². The number of nitrogens with two attached hydrogens (primary N) is 1. The quantitative estimate of drug-likeness (QED) is 0.265. The molecule has 0 aliphatic carbocycles. The Morgan fingerprint density at radius 2 is 2.00 bits per heavy atom. The SMILES string of the molecule is Cc1cc(N)nc(-c2ncc3c(N(C)[C@@H]4CCN(C(=O)/C=C/[C@@H]5CCN5)C4)nc(OC[C@@]45CCCN4C[C@H](F)C5)nc3c2F)c1C(F)(F)F. The molecular formula is C33H38F5N9O2. The Morgan fingerprint density at radius 1 is 1.20 bits per heavy atom. The summed E-state index contributed by atoms with van der Waals surface area (Å²) in [5, 5.41) is 3.36. The first-order valence-electron chi connectivity index (χ1n) is 16.5. The van der Waals surface area contributed by atoms with Gasteiger partial charge in [0, 0.05) is 57.5 Å². The third-order valence-corrected chi connectivity index (χ3v) is 10.3. The van der Waals surface area contributed by atoms with E-state index in [0.717, 1.165) is 32.0 Å². The molecule has 262 valence electrons. The third-order valence-electron chi connectivity index (χ3n) is 10.3. The number of alkyl halides is 4. The van der Waals surface area contributed by atoms with Gasteiger partial charge in [0.1, 0.15) is 41.3 Å². The summed E-state index contributed by atoms with van der Waals surface area (Å²) in [6.45, 7) is 4.09. The molecule has 4 saturated heterocycles. The van der Waals surface area contributed by atoms with Crippen LogP contribution in [0.4, 0.5) is 33.6 Å². The number of amides is 1. The molecule has 0 spiro atoms. The molecule has 4 atom stereocenters. The number of halogens is 5. The third kappa shape index (κ3) is 6.24. The molecule has 7 heterocycles. The van der Waals surface area contributed by atoms with E-state index < -0.39 is 40.7 Å². The number of aromatic nitrogens is 4. The maximum atomic E-state index is 16.5. The minimum atomic E-state index is -4.87. The smallest absolute Gasteiger partial charge is 0.418 e. The van der Waals surface area contributed by atoms with E-state index in [-0.39, 0.29) is 65.1 Å². The van der Waals surface area contributed by atoms with Gasteiger partial charge in [-0.2, -0.15) is 23.1 Å². The molecule has 1 amide bonds. The Kier molecular flexibility index (Phi) is 8.58. The zero-order chi connectivity index (χ0) is 34.7. The summed E-state index contributed by atoms with van der Waals surface area (Å²) < 4.78 is 79.8. The first-order chi connectivity index (χ1) is 23.3. The zero-order valence-electron chi connectivity index (χ0n) is 27.2. The largest absolute Gasteiger partial charge is 0.461 e. The van der Waals surface area contributed by atoms with Crippen molar-refractivity contribution in [1.29, 1.82) is 0 Å². The summed E-state index contributed by atoms with van der Waals surface area (Å²) in [6.07, 6.45) is 2.23. The molecule has 3 aromatic rings. The molecule has 3 aromatic heterocycles. The van der Waals surface area contributed by atoms with E-state index >= 15 is 4.39 Å². The van der Waals surface area contributed by atoms with E-state index in [4.69, 9.17) is 10.5 Å². The van der Waals surface area contributed by atoms with Crippen molar-refractivity contribution in [3.05, 3.63) is 41.4 Å². The Balaban J connectivity index is 1.26. The number of nitrogens with zero attached hydrogens (tertiary/aromatic N) is 7. The standard InChI is InChI=1S/C33H38F5N9O2/c1-18-12-23(39)42-28(25(18)33(36,37)38)29-26(35)27-22(14-41-29)30(44-31(43-27)49-17-32-8-3-10-47(32)15-19(34)13-32)45(2)21-7-11-46(16-21)24(48)5-4-20-6-9-40-20/h4-5,12,14,19-21,40H,3,6-11,13,15-17H2,1-2H3,(H2,39,42)/b5-4+/t19-,20-,21-,32+/m1/s1. The maximum Gasteiger partial charge on any atom is 0.418 e. The van der Waals surface area contributed by atoms with E-state index in [9.17, 15) is 22.4 Å². The predicted molar refractivity (Wildman–Crippen MR) is 172 cm³/mol. The van der Waals surface area contributed by atoms with Gasteiger partial charge in [0.05, 0.1) is 16.5 Å². The molecule has 0 bridgehead atoms. The van der Waals surface area contributed by atoms with Gasteiger partial charge in [0.25, 0.3) is 0 Å². The maximum absolute atomic E-state index is 16.5. The van der Waals surface area contributed by atoms with Gasteiger partial charge < -0.3 is 25.6 Å². The van der Waals surface area contributed by atoms with E-state index in [0.29, 0.717) is 32.5 Å². The molecule has 4 aliphatic rings. The molecule has 0 radical (unpaired) electrons. The zero-order valence-corrected chi connectivity index (χ0v) is 27.2. The van der Waals surface area contributed by atoms with Crippen molar-refractivity contribution in [3.63, 3.8) is 0 Å². The number of aryl methyl sites for hydroxylation is 1. The lowest BCUT2D eigenvalue weighted by Gasteiger charge is -2.31. The molecular weight excluding hydrogens is 649 g/mol. The van der Waals surface area contributed by atoms with Gasteiger partial charge in [-0.15, -0.1) is 0 Å². The predicted octanol–water partition coefficient (Wildman–Crippen LogP) is 4.05. The van der Waals surface area contributed by atoms with E-state index in [2.05, 4.69) is 30.2 Å². The van der Waals surface area contributed by atoms with Gasteiger partial charge in [-0.1, -0.05) is 6.08 Å². The van der Waals surface area contributed by atoms with Crippen molar-refractivity contribution in [2.24, 2.45) is 0 Å². The van der Waals surface area contributed by atoms with Gasteiger partial charge in [0.15, 0.2) is 5.82 Å². The summed E-state index contributed by atoms with van der Waals surface area (Å²) in [5.41, 5.74) is 2.13. The number of carbonyl (C=O) groups excluding carboxylic acids is 1. The van der Waals surface area contributed by atoms with Crippen molar-refractivity contribution >= 4 is 28.4 Å². The molecule has 0 aromatic carbocycles. The number of anilines is 2. The highest BCUT2D eigenvalue weighted by Gasteiger charge is 2.49. The van der Waals surface area contributed by atoms with Crippen LogP contribution in [-0.4, -0.2) is 106 Å². The molecule has 4 aliphatic heterocycles. The lowest BCUT2D eigenvalue weighted by molar-refractivity contribution is -0.137. The molecule has 3 N–H and O–H groups in total. The highest BCUT2D eigenvalue weighted by Crippen LogP contribution is 2.42. The normalized spacial score (nSPS) is 25.7. The van der Waals surface area contributed by atoms with Crippen LogP contribution in [0.25, 0.3) is 22.3 Å². The molecule has 49 heavy (non-hydrogen) atoms. The van der Waals surface area contributed by atoms with Crippen LogP contribution < -0.4 is 20.7 Å². The van der Waals surface area contributed by atoms with Crippen molar-refractivity contribution < 1.29 is 31.5 Å². The van der Waals surface area contributed by atoms with Crippen LogP contribution in [0.2, 0.25) is 0 Å². The number of pyridine rings is 2. The number of carbonyl (C=O) groups is 1. The summed E-state index contributed by atoms with van der Waals surface area (Å²) in [6, 6.07) is 0.828. The van der Waals surface area contributed by atoms with Crippen LogP contribution in [0.1, 0.15) is 43.2 Å². The average Bonchev–Trinajstić information content (AvgIpc) is 3.72. The van der Waals surface area contributed by atoms with Crippen molar-refractivity contribution in [2.45, 2.75) is 69.0 Å². The second kappa shape index (κ2) is 12.6. The summed E-state index contributed by atoms with van der Waals surface area (Å²) in [7, 11) is 1.75. The number of rotatable bonds is 8. The van der Waals surface area contributed by atoms with Crippen LogP contribution in [0.5, 0.6) is 6.01 Å². The Bertz CT molecular complexity index is 1800. The fourth-order valence-electron chi connectivity index (χ4n) is 7.61. The molecule has 16 heteroatoms. The van der Waals surface area contributed by atoms with Crippen molar-refractivity contribution in [1.82, 2.24) is 35.1 Å². The number of likely N-dealkylation sites (tertiary alicyclic amines) is 1. The number of nitrogens with one attached hydrogen (secondary N) is 1. The van der Waals surface area contributed by atoms with Crippen LogP contribution in [0.15, 0.2) is 24.4 Å². The lowest BCUT2D eigenvalue weighted by Crippen LogP contribution is -2.43. The van der Waals surface area contributed by atoms with E-state index in [1.165, 1.54) is 13.1 Å². The van der Waals surface area contributed by atoms with Gasteiger partial charge in [-0.05, 0) is 57.3 Å². The average molecular weight is 688 g/mol. The molecule has 7 rings (SSSR count). The summed E-state index contributed by atoms with van der Waals surface area (Å²) >= 11 is 0. The first-order valence-corrected chi connectivity index (χ1v) is 16.5. The van der Waals surface area contributed by atoms with Gasteiger partial charge in [-0.25, -0.2) is 13.8 Å². The number of fused-ring (bicyclic) bond motifs is 2. The number of nitrogen functional groups attached to an aromatic ring is 1. The number of hydrogen-bond donors (Lipinski definition) is 2. The van der Waals surface area contributed by atoms with Crippen LogP contribution >= 0.6 is 0 Å². The second-order valence-corrected chi connectivity index (χ2v) is 13.5. The van der Waals surface area contributed by atoms with Crippen LogP contribution in [0, 0.1) is 12.7 Å². The number of likely N-dealkylation sites (N-methyl/N-ethyl adjacent to an activating group) is 1. The number of ether oxygens (including phenoxy) is 1. The monoisotopic (exact) mass is 687 g/mol. The Labute approximate surface area is 279 Å². The highest BCUT2D eigenvalue weighted by atomic mass is 19.4. The van der Waals surface area contributed by atoms with Crippen molar-refractivity contribution in [3.8, 4) is 17.4 Å². The van der Waals surface area contributed by atoms with Crippen LogP contribution in [-0.2, 0) is 11.0 Å². The molecule has 11 nitrogen and oxygen atoms in total. The second-order valence-electron chi connectivity index (χ2n) is 13.5. The fraction of sp³-hybridized carbons (Fsp3) is 0.545. The summed E-state index contributed by atoms with van der Waals surface area (Å²) in [5.74, 6) is -1.26. The van der Waals surface area contributed by atoms with Crippen LogP contribution in [0.3, 0.4) is 0 Å². The minimum absolute atomic E-state index is 0.0593. The Morgan fingerprint density at radius 3 is 2.73 bits per heavy atom. The minimum Gasteiger partial charge on any atom is -0.461 e. The Hall–Kier alpha value is -4.18. The molecule has 0 saturated carbocycles.